The van der Waals surface area contributed by atoms with E-state index in [9.17, 15) is 4.39 Å². The molecule has 1 aromatic heterocycles. The largest absolute Gasteiger partial charge is 0.439 e. The number of nitrogens with zero attached hydrogens (tertiary/aromatic N) is 1. The van der Waals surface area contributed by atoms with Gasteiger partial charge >= 0.3 is 0 Å². The fourth-order valence-electron chi connectivity index (χ4n) is 1.89. The van der Waals surface area contributed by atoms with Crippen molar-refractivity contribution in [2.45, 2.75) is 32.1 Å². The Labute approximate surface area is 110 Å². The van der Waals surface area contributed by atoms with Crippen molar-refractivity contribution in [3.05, 3.63) is 28.9 Å². The Kier molecular flexibility index (Phi) is 4.55. The van der Waals surface area contributed by atoms with Crippen LogP contribution in [0.5, 0.6) is 0 Å². The van der Waals surface area contributed by atoms with Gasteiger partial charge in [0.1, 0.15) is 11.3 Å². The van der Waals surface area contributed by atoms with Crippen molar-refractivity contribution in [3.63, 3.8) is 0 Å². The Bertz CT molecular complexity index is 527. The quantitative estimate of drug-likeness (QED) is 0.815. The molecule has 0 unspecified atom stereocenters. The van der Waals surface area contributed by atoms with Gasteiger partial charge in [-0.25, -0.2) is 9.37 Å². The Morgan fingerprint density at radius 3 is 2.78 bits per heavy atom. The predicted octanol–water partition coefficient (Wildman–Crippen LogP) is 3.68. The summed E-state index contributed by atoms with van der Waals surface area (Å²) in [7, 11) is 0. The van der Waals surface area contributed by atoms with E-state index in [-0.39, 0.29) is 5.02 Å². The molecule has 98 valence electrons. The number of nitrogens with two attached hydrogens (primary N) is 1. The molecular weight excluding hydrogens is 255 g/mol. The third kappa shape index (κ3) is 3.21. The molecule has 0 aliphatic carbocycles. The van der Waals surface area contributed by atoms with Crippen LogP contribution in [0.4, 0.5) is 4.39 Å². The van der Waals surface area contributed by atoms with Gasteiger partial charge in [0, 0.05) is 12.5 Å². The lowest BCUT2D eigenvalue weighted by Crippen LogP contribution is -1.97. The van der Waals surface area contributed by atoms with Gasteiger partial charge in [0.05, 0.1) is 5.02 Å². The third-order valence-electron chi connectivity index (χ3n) is 2.80. The van der Waals surface area contributed by atoms with E-state index in [4.69, 9.17) is 21.8 Å². The molecule has 2 N–H and O–H groups in total. The molecular formula is C13H16ClFN2O. The molecule has 5 heteroatoms. The van der Waals surface area contributed by atoms with E-state index in [1.54, 1.807) is 0 Å². The van der Waals surface area contributed by atoms with Crippen LogP contribution in [0, 0.1) is 5.82 Å². The van der Waals surface area contributed by atoms with Gasteiger partial charge in [0.15, 0.2) is 11.5 Å². The topological polar surface area (TPSA) is 52.0 Å². The lowest BCUT2D eigenvalue weighted by atomic mass is 10.1. The average Bonchev–Trinajstić information content (AvgIpc) is 2.72. The number of benzene rings is 1. The van der Waals surface area contributed by atoms with E-state index >= 15 is 0 Å². The number of rotatable bonds is 6. The van der Waals surface area contributed by atoms with E-state index in [2.05, 4.69) is 4.98 Å². The molecule has 0 saturated heterocycles. The Morgan fingerprint density at radius 1 is 1.22 bits per heavy atom. The summed E-state index contributed by atoms with van der Waals surface area (Å²) in [6.45, 7) is 0.734. The van der Waals surface area contributed by atoms with Crippen molar-refractivity contribution in [1.82, 2.24) is 4.98 Å². The van der Waals surface area contributed by atoms with Gasteiger partial charge < -0.3 is 10.2 Å². The zero-order valence-electron chi connectivity index (χ0n) is 10.1. The summed E-state index contributed by atoms with van der Waals surface area (Å²) in [5.41, 5.74) is 6.37. The van der Waals surface area contributed by atoms with Crippen molar-refractivity contribution >= 4 is 22.7 Å². The predicted molar refractivity (Wildman–Crippen MR) is 70.2 cm³/mol. The summed E-state index contributed by atoms with van der Waals surface area (Å²) >= 11 is 5.89. The molecule has 18 heavy (non-hydrogen) atoms. The summed E-state index contributed by atoms with van der Waals surface area (Å²) in [4.78, 5) is 4.24. The molecule has 0 atom stereocenters. The molecule has 0 amide bonds. The number of aryl methyl sites for hydroxylation is 1. The van der Waals surface area contributed by atoms with Crippen molar-refractivity contribution in [2.24, 2.45) is 5.73 Å². The van der Waals surface area contributed by atoms with E-state index in [0.29, 0.717) is 17.0 Å². The first-order valence-electron chi connectivity index (χ1n) is 6.15. The van der Waals surface area contributed by atoms with Crippen LogP contribution in [0.3, 0.4) is 0 Å². The van der Waals surface area contributed by atoms with Crippen LogP contribution < -0.4 is 5.73 Å². The Balaban J connectivity index is 2.00. The summed E-state index contributed by atoms with van der Waals surface area (Å²) in [6, 6.07) is 2.57. The Hall–Kier alpha value is -1.13. The fraction of sp³-hybridized carbons (Fsp3) is 0.462. The lowest BCUT2D eigenvalue weighted by molar-refractivity contribution is 0.508. The summed E-state index contributed by atoms with van der Waals surface area (Å²) in [6.07, 6.45) is 5.00. The smallest absolute Gasteiger partial charge is 0.195 e. The minimum absolute atomic E-state index is 0.270. The van der Waals surface area contributed by atoms with Gasteiger partial charge in [-0.05, 0) is 25.5 Å². The monoisotopic (exact) mass is 270 g/mol. The van der Waals surface area contributed by atoms with Gasteiger partial charge in [-0.15, -0.1) is 0 Å². The maximum atomic E-state index is 13.1. The van der Waals surface area contributed by atoms with Crippen LogP contribution in [0.25, 0.3) is 11.1 Å². The maximum Gasteiger partial charge on any atom is 0.195 e. The molecule has 0 aliphatic rings. The minimum Gasteiger partial charge on any atom is -0.439 e. The molecule has 0 saturated carbocycles. The highest BCUT2D eigenvalue weighted by Crippen LogP contribution is 2.26. The summed E-state index contributed by atoms with van der Waals surface area (Å²) in [5.74, 6) is 0.223. The van der Waals surface area contributed by atoms with Gasteiger partial charge in [-0.3, -0.25) is 0 Å². The van der Waals surface area contributed by atoms with Crippen LogP contribution in [-0.2, 0) is 6.42 Å². The molecule has 1 aromatic carbocycles. The second kappa shape index (κ2) is 6.16. The first-order chi connectivity index (χ1) is 8.70. The molecule has 0 spiro atoms. The number of oxazole rings is 1. The van der Waals surface area contributed by atoms with E-state index < -0.39 is 5.82 Å². The summed E-state index contributed by atoms with van der Waals surface area (Å²) in [5, 5.41) is 0.270. The molecule has 0 fully saturated rings. The number of aromatic nitrogens is 1. The minimum atomic E-state index is -0.393. The zero-order chi connectivity index (χ0) is 13.0. The molecule has 0 aliphatic heterocycles. The van der Waals surface area contributed by atoms with E-state index in [1.807, 2.05) is 0 Å². The second-order valence-corrected chi connectivity index (χ2v) is 4.70. The Morgan fingerprint density at radius 2 is 2.00 bits per heavy atom. The van der Waals surface area contributed by atoms with Gasteiger partial charge in [0.25, 0.3) is 0 Å². The average molecular weight is 271 g/mol. The maximum absolute atomic E-state index is 13.1. The highest BCUT2D eigenvalue weighted by atomic mass is 35.5. The van der Waals surface area contributed by atoms with Gasteiger partial charge in [0.2, 0.25) is 0 Å². The number of halogens is 2. The first-order valence-corrected chi connectivity index (χ1v) is 6.53. The van der Waals surface area contributed by atoms with Crippen LogP contribution >= 0.6 is 11.6 Å². The highest BCUT2D eigenvalue weighted by Gasteiger charge is 2.10. The van der Waals surface area contributed by atoms with Crippen molar-refractivity contribution in [2.75, 3.05) is 6.54 Å². The number of fused-ring (bicyclic) bond motifs is 1. The normalized spacial score (nSPS) is 11.3. The zero-order valence-corrected chi connectivity index (χ0v) is 10.8. The molecule has 3 nitrogen and oxygen atoms in total. The van der Waals surface area contributed by atoms with Crippen LogP contribution in [0.1, 0.15) is 31.6 Å². The van der Waals surface area contributed by atoms with Crippen LogP contribution in [0.2, 0.25) is 5.02 Å². The van der Waals surface area contributed by atoms with Gasteiger partial charge in [-0.1, -0.05) is 24.4 Å². The third-order valence-corrected chi connectivity index (χ3v) is 3.08. The molecule has 2 rings (SSSR count). The van der Waals surface area contributed by atoms with Crippen LogP contribution in [0.15, 0.2) is 16.5 Å². The van der Waals surface area contributed by atoms with E-state index in [0.717, 1.165) is 38.6 Å². The fourth-order valence-corrected chi connectivity index (χ4v) is 2.13. The van der Waals surface area contributed by atoms with Crippen LogP contribution in [-0.4, -0.2) is 11.5 Å². The van der Waals surface area contributed by atoms with Crippen molar-refractivity contribution in [1.29, 1.82) is 0 Å². The molecule has 0 bridgehead atoms. The van der Waals surface area contributed by atoms with Crippen molar-refractivity contribution < 1.29 is 8.81 Å². The van der Waals surface area contributed by atoms with Crippen molar-refractivity contribution in [3.8, 4) is 0 Å². The molecule has 0 radical (unpaired) electrons. The lowest BCUT2D eigenvalue weighted by Gasteiger charge is -1.96. The van der Waals surface area contributed by atoms with E-state index in [1.165, 1.54) is 12.1 Å². The molecule has 1 heterocycles. The first kappa shape index (κ1) is 13.3. The number of unbranched alkanes of at least 4 members (excludes halogenated alkanes) is 3. The highest BCUT2D eigenvalue weighted by molar-refractivity contribution is 6.34. The van der Waals surface area contributed by atoms with Gasteiger partial charge in [-0.2, -0.15) is 0 Å². The molecule has 2 aromatic rings. The second-order valence-electron chi connectivity index (χ2n) is 4.30. The number of hydrogen-bond acceptors (Lipinski definition) is 3. The summed E-state index contributed by atoms with van der Waals surface area (Å²) < 4.78 is 18.6. The number of hydrogen-bond donors (Lipinski definition) is 1. The standard InChI is InChI=1S/C13H16ClFN2O/c14-10-7-9(15)8-11-13(10)18-12(17-11)5-3-1-2-4-6-16/h7-8H,1-6,16H2. The SMILES string of the molecule is NCCCCCCc1nc2cc(F)cc(Cl)c2o1.